The van der Waals surface area contributed by atoms with E-state index in [9.17, 15) is 4.39 Å². The fourth-order valence-corrected chi connectivity index (χ4v) is 0.613. The standard InChI is InChI=1S/C9H7FO/c1-2-7-11-9-5-3-8(10)4-6-9/h3-6H,1H3. The number of ether oxygens (including phenoxy) is 1. The van der Waals surface area contributed by atoms with E-state index in [0.29, 0.717) is 5.75 Å². The molecule has 0 aliphatic carbocycles. The van der Waals surface area contributed by atoms with Gasteiger partial charge in [0.2, 0.25) is 0 Å². The smallest absolute Gasteiger partial charge is 0.140 e. The van der Waals surface area contributed by atoms with Gasteiger partial charge < -0.3 is 4.74 Å². The van der Waals surface area contributed by atoms with Crippen LogP contribution in [0, 0.1) is 17.8 Å². The summed E-state index contributed by atoms with van der Waals surface area (Å²) in [5.41, 5.74) is 0. The van der Waals surface area contributed by atoms with E-state index >= 15 is 0 Å². The van der Waals surface area contributed by atoms with Crippen molar-refractivity contribution in [3.05, 3.63) is 30.1 Å². The van der Waals surface area contributed by atoms with Crippen molar-refractivity contribution in [1.82, 2.24) is 0 Å². The number of hydrogen-bond donors (Lipinski definition) is 0. The topological polar surface area (TPSA) is 9.23 Å². The average Bonchev–Trinajstić information content (AvgIpc) is 2.04. The molecule has 1 rings (SSSR count). The fraction of sp³-hybridized carbons (Fsp3) is 0.111. The van der Waals surface area contributed by atoms with E-state index in [2.05, 4.69) is 12.0 Å². The van der Waals surface area contributed by atoms with Crippen LogP contribution in [0.3, 0.4) is 0 Å². The van der Waals surface area contributed by atoms with E-state index in [1.54, 1.807) is 6.92 Å². The summed E-state index contributed by atoms with van der Waals surface area (Å²) in [6.45, 7) is 1.67. The molecule has 1 nitrogen and oxygen atoms in total. The number of hydrogen-bond acceptors (Lipinski definition) is 1. The van der Waals surface area contributed by atoms with E-state index < -0.39 is 0 Å². The molecule has 0 saturated carbocycles. The Bertz CT molecular complexity index is 279. The molecule has 0 spiro atoms. The summed E-state index contributed by atoms with van der Waals surface area (Å²) in [5.74, 6) is 2.84. The van der Waals surface area contributed by atoms with Gasteiger partial charge in [-0.2, -0.15) is 0 Å². The maximum absolute atomic E-state index is 12.3. The summed E-state index contributed by atoms with van der Waals surface area (Å²) >= 11 is 0. The number of halogens is 1. The Kier molecular flexibility index (Phi) is 2.51. The Morgan fingerprint density at radius 1 is 1.27 bits per heavy atom. The minimum Gasteiger partial charge on any atom is -0.408 e. The molecule has 0 fully saturated rings. The summed E-state index contributed by atoms with van der Waals surface area (Å²) in [6.07, 6.45) is 2.41. The van der Waals surface area contributed by atoms with Gasteiger partial charge in [-0.15, -0.1) is 0 Å². The quantitative estimate of drug-likeness (QED) is 0.557. The first-order valence-electron chi connectivity index (χ1n) is 3.17. The lowest BCUT2D eigenvalue weighted by atomic mass is 10.3. The molecule has 0 aliphatic rings. The second kappa shape index (κ2) is 3.62. The van der Waals surface area contributed by atoms with E-state index in [0.717, 1.165) is 0 Å². The third-order valence-corrected chi connectivity index (χ3v) is 1.08. The molecule has 0 aliphatic heterocycles. The Hall–Kier alpha value is -1.49. The van der Waals surface area contributed by atoms with Gasteiger partial charge in [-0.3, -0.25) is 0 Å². The molecule has 0 saturated heterocycles. The summed E-state index contributed by atoms with van der Waals surface area (Å²) in [7, 11) is 0. The molecule has 0 atom stereocenters. The highest BCUT2D eigenvalue weighted by molar-refractivity contribution is 5.23. The normalized spacial score (nSPS) is 8.18. The van der Waals surface area contributed by atoms with Crippen molar-refractivity contribution in [2.24, 2.45) is 0 Å². The fourth-order valence-electron chi connectivity index (χ4n) is 0.613. The Morgan fingerprint density at radius 3 is 2.45 bits per heavy atom. The first kappa shape index (κ1) is 7.62. The second-order valence-corrected chi connectivity index (χ2v) is 1.91. The SMILES string of the molecule is CC#COc1ccc(F)cc1. The minimum atomic E-state index is -0.276. The minimum absolute atomic E-state index is 0.276. The third kappa shape index (κ3) is 2.30. The molecule has 0 aromatic heterocycles. The molecule has 11 heavy (non-hydrogen) atoms. The average molecular weight is 150 g/mol. The predicted octanol–water partition coefficient (Wildman–Crippen LogP) is 2.19. The van der Waals surface area contributed by atoms with Crippen LogP contribution in [-0.4, -0.2) is 0 Å². The monoisotopic (exact) mass is 150 g/mol. The van der Waals surface area contributed by atoms with Crippen molar-refractivity contribution in [3.63, 3.8) is 0 Å². The van der Waals surface area contributed by atoms with Gasteiger partial charge in [0.15, 0.2) is 0 Å². The van der Waals surface area contributed by atoms with Gasteiger partial charge in [0.05, 0.1) is 0 Å². The van der Waals surface area contributed by atoms with Crippen molar-refractivity contribution in [2.45, 2.75) is 6.92 Å². The van der Waals surface area contributed by atoms with Crippen molar-refractivity contribution in [3.8, 4) is 17.8 Å². The highest BCUT2D eigenvalue weighted by Crippen LogP contribution is 2.09. The summed E-state index contributed by atoms with van der Waals surface area (Å²) in [6, 6.07) is 5.71. The second-order valence-electron chi connectivity index (χ2n) is 1.91. The van der Waals surface area contributed by atoms with Crippen LogP contribution in [-0.2, 0) is 0 Å². The maximum atomic E-state index is 12.3. The van der Waals surface area contributed by atoms with Crippen molar-refractivity contribution < 1.29 is 9.13 Å². The third-order valence-electron chi connectivity index (χ3n) is 1.08. The molecule has 0 heterocycles. The van der Waals surface area contributed by atoms with Crippen molar-refractivity contribution in [2.75, 3.05) is 0 Å². The van der Waals surface area contributed by atoms with Gasteiger partial charge in [0, 0.05) is 6.92 Å². The number of benzene rings is 1. The Labute approximate surface area is 64.8 Å². The first-order chi connectivity index (χ1) is 5.33. The van der Waals surface area contributed by atoms with Crippen LogP contribution in [0.5, 0.6) is 5.75 Å². The van der Waals surface area contributed by atoms with Crippen LogP contribution in [0.1, 0.15) is 6.92 Å². The largest absolute Gasteiger partial charge is 0.408 e. The van der Waals surface area contributed by atoms with Crippen molar-refractivity contribution in [1.29, 1.82) is 0 Å². The van der Waals surface area contributed by atoms with Crippen LogP contribution in [0.15, 0.2) is 24.3 Å². The van der Waals surface area contributed by atoms with Gasteiger partial charge in [0.1, 0.15) is 17.7 Å². The molecule has 0 bridgehead atoms. The van der Waals surface area contributed by atoms with E-state index in [4.69, 9.17) is 4.74 Å². The molecule has 0 amide bonds. The highest BCUT2D eigenvalue weighted by Gasteiger charge is 1.90. The molecule has 0 radical (unpaired) electrons. The van der Waals surface area contributed by atoms with E-state index in [-0.39, 0.29) is 5.82 Å². The van der Waals surface area contributed by atoms with Crippen LogP contribution >= 0.6 is 0 Å². The molecule has 0 N–H and O–H groups in total. The van der Waals surface area contributed by atoms with Crippen molar-refractivity contribution >= 4 is 0 Å². The molecular formula is C9H7FO. The van der Waals surface area contributed by atoms with E-state index in [1.165, 1.54) is 24.3 Å². The molecule has 2 heteroatoms. The van der Waals surface area contributed by atoms with Crippen LogP contribution in [0.25, 0.3) is 0 Å². The highest BCUT2D eigenvalue weighted by atomic mass is 19.1. The Balaban J connectivity index is 2.71. The lowest BCUT2D eigenvalue weighted by Crippen LogP contribution is -1.81. The van der Waals surface area contributed by atoms with Crippen LogP contribution in [0.4, 0.5) is 4.39 Å². The molecular weight excluding hydrogens is 143 g/mol. The summed E-state index contributed by atoms with van der Waals surface area (Å²) < 4.78 is 17.2. The predicted molar refractivity (Wildman–Crippen MR) is 40.5 cm³/mol. The number of rotatable bonds is 1. The van der Waals surface area contributed by atoms with Gasteiger partial charge in [-0.05, 0) is 24.3 Å². The first-order valence-corrected chi connectivity index (χ1v) is 3.17. The van der Waals surface area contributed by atoms with E-state index in [1.807, 2.05) is 0 Å². The lowest BCUT2D eigenvalue weighted by Gasteiger charge is -1.94. The molecule has 1 aromatic carbocycles. The maximum Gasteiger partial charge on any atom is 0.140 e. The van der Waals surface area contributed by atoms with Gasteiger partial charge in [-0.25, -0.2) is 4.39 Å². The van der Waals surface area contributed by atoms with Gasteiger partial charge in [0.25, 0.3) is 0 Å². The Morgan fingerprint density at radius 2 is 1.91 bits per heavy atom. The molecule has 0 unspecified atom stereocenters. The summed E-state index contributed by atoms with van der Waals surface area (Å²) in [5, 5.41) is 0. The van der Waals surface area contributed by atoms with Crippen LogP contribution < -0.4 is 4.74 Å². The summed E-state index contributed by atoms with van der Waals surface area (Å²) in [4.78, 5) is 0. The molecule has 1 aromatic rings. The van der Waals surface area contributed by atoms with Crippen LogP contribution in [0.2, 0.25) is 0 Å². The zero-order chi connectivity index (χ0) is 8.10. The molecule has 56 valence electrons. The van der Waals surface area contributed by atoms with Gasteiger partial charge >= 0.3 is 0 Å². The van der Waals surface area contributed by atoms with Gasteiger partial charge in [-0.1, -0.05) is 5.92 Å². The zero-order valence-electron chi connectivity index (χ0n) is 6.10. The zero-order valence-corrected chi connectivity index (χ0v) is 6.10. The lowest BCUT2D eigenvalue weighted by molar-refractivity contribution is 0.516.